The van der Waals surface area contributed by atoms with E-state index in [1.54, 1.807) is 31.4 Å². The maximum atomic E-state index is 11.5. The minimum absolute atomic E-state index is 0.0686. The van der Waals surface area contributed by atoms with Crippen LogP contribution in [0.5, 0.6) is 0 Å². The number of hydrogen-bond donors (Lipinski definition) is 1. The highest BCUT2D eigenvalue weighted by atomic mass is 35.5. The van der Waals surface area contributed by atoms with Crippen LogP contribution < -0.4 is 0 Å². The van der Waals surface area contributed by atoms with Crippen molar-refractivity contribution in [1.29, 1.82) is 0 Å². The number of hydrogen-bond acceptors (Lipinski definition) is 3. The summed E-state index contributed by atoms with van der Waals surface area (Å²) in [6, 6.07) is 14.4. The molecule has 0 saturated carbocycles. The molecular formula is C18H17ClO4. The molecule has 0 aliphatic heterocycles. The number of ether oxygens (including phenoxy) is 2. The maximum absolute atomic E-state index is 11.5. The number of methoxy groups -OCH3 is 2. The summed E-state index contributed by atoms with van der Waals surface area (Å²) in [6.07, 6.45) is 0.804. The topological polar surface area (TPSA) is 55.8 Å². The molecule has 0 saturated heterocycles. The normalized spacial score (nSPS) is 12.7. The van der Waals surface area contributed by atoms with Crippen molar-refractivity contribution in [1.82, 2.24) is 0 Å². The average molecular weight is 333 g/mol. The highest BCUT2D eigenvalue weighted by Crippen LogP contribution is 2.32. The van der Waals surface area contributed by atoms with Crippen molar-refractivity contribution in [2.45, 2.75) is 6.10 Å². The lowest BCUT2D eigenvalue weighted by Gasteiger charge is -2.20. The van der Waals surface area contributed by atoms with Crippen LogP contribution in [-0.2, 0) is 14.3 Å². The van der Waals surface area contributed by atoms with E-state index in [4.69, 9.17) is 21.1 Å². The molecule has 0 spiro atoms. The van der Waals surface area contributed by atoms with Crippen LogP contribution in [0.3, 0.4) is 0 Å². The van der Waals surface area contributed by atoms with Gasteiger partial charge in [-0.1, -0.05) is 48.0 Å². The molecule has 1 atom stereocenters. The van der Waals surface area contributed by atoms with Gasteiger partial charge >= 0.3 is 5.97 Å². The number of benzene rings is 2. The molecule has 0 aliphatic rings. The molecule has 1 unspecified atom stereocenters. The third kappa shape index (κ3) is 3.92. The summed E-state index contributed by atoms with van der Waals surface area (Å²) >= 11 is 5.93. The third-order valence-corrected chi connectivity index (χ3v) is 3.66. The second-order valence-electron chi connectivity index (χ2n) is 4.83. The smallest absolute Gasteiger partial charge is 0.339 e. The Morgan fingerprint density at radius 3 is 2.35 bits per heavy atom. The van der Waals surface area contributed by atoms with E-state index in [1.165, 1.54) is 13.4 Å². The van der Waals surface area contributed by atoms with Crippen molar-refractivity contribution in [2.75, 3.05) is 14.2 Å². The van der Waals surface area contributed by atoms with Gasteiger partial charge in [0.2, 0.25) is 0 Å². The van der Waals surface area contributed by atoms with Gasteiger partial charge in [-0.25, -0.2) is 4.79 Å². The average Bonchev–Trinajstić information content (AvgIpc) is 2.55. The van der Waals surface area contributed by atoms with Crippen molar-refractivity contribution in [2.24, 2.45) is 0 Å². The Morgan fingerprint density at radius 1 is 1.13 bits per heavy atom. The lowest BCUT2D eigenvalue weighted by molar-refractivity contribution is -0.130. The number of halogens is 1. The van der Waals surface area contributed by atoms with Gasteiger partial charge < -0.3 is 14.6 Å². The summed E-state index contributed by atoms with van der Waals surface area (Å²) in [4.78, 5) is 11.5. The third-order valence-electron chi connectivity index (χ3n) is 3.41. The Labute approximate surface area is 139 Å². The van der Waals surface area contributed by atoms with Crippen LogP contribution in [-0.4, -0.2) is 25.3 Å². The summed E-state index contributed by atoms with van der Waals surface area (Å²) in [5, 5.41) is 10.1. The SMILES string of the molecule is CO/C=C(/C(=O)O)c1ccccc1C(OC)c1ccc(Cl)cc1. The first-order chi connectivity index (χ1) is 11.1. The summed E-state index contributed by atoms with van der Waals surface area (Å²) < 4.78 is 10.5. The Bertz CT molecular complexity index is 707. The summed E-state index contributed by atoms with van der Waals surface area (Å²) in [5.41, 5.74) is 2.23. The van der Waals surface area contributed by atoms with Crippen LogP contribution >= 0.6 is 11.6 Å². The van der Waals surface area contributed by atoms with Crippen molar-refractivity contribution in [3.8, 4) is 0 Å². The van der Waals surface area contributed by atoms with Crippen LogP contribution in [0, 0.1) is 0 Å². The summed E-state index contributed by atoms with van der Waals surface area (Å²) in [7, 11) is 3.00. The minimum Gasteiger partial charge on any atom is -0.503 e. The van der Waals surface area contributed by atoms with Gasteiger partial charge in [-0.15, -0.1) is 0 Å². The lowest BCUT2D eigenvalue weighted by atomic mass is 9.93. The van der Waals surface area contributed by atoms with Gasteiger partial charge in [-0.3, -0.25) is 0 Å². The zero-order valence-electron chi connectivity index (χ0n) is 12.8. The van der Waals surface area contributed by atoms with E-state index in [2.05, 4.69) is 0 Å². The number of carbonyl (C=O) groups is 1. The van der Waals surface area contributed by atoms with E-state index in [1.807, 2.05) is 24.3 Å². The van der Waals surface area contributed by atoms with Crippen molar-refractivity contribution in [3.05, 3.63) is 76.5 Å². The zero-order chi connectivity index (χ0) is 16.8. The first kappa shape index (κ1) is 17.1. The molecule has 2 aromatic rings. The lowest BCUT2D eigenvalue weighted by Crippen LogP contribution is -2.10. The number of rotatable bonds is 6. The van der Waals surface area contributed by atoms with Crippen LogP contribution in [0.25, 0.3) is 5.57 Å². The van der Waals surface area contributed by atoms with Crippen molar-refractivity contribution in [3.63, 3.8) is 0 Å². The van der Waals surface area contributed by atoms with Crippen molar-refractivity contribution < 1.29 is 19.4 Å². The van der Waals surface area contributed by atoms with E-state index < -0.39 is 12.1 Å². The maximum Gasteiger partial charge on any atom is 0.339 e. The molecule has 0 aromatic heterocycles. The van der Waals surface area contributed by atoms with Crippen LogP contribution in [0.15, 0.2) is 54.8 Å². The Hall–Kier alpha value is -2.30. The van der Waals surface area contributed by atoms with Gasteiger partial charge in [-0.2, -0.15) is 0 Å². The van der Waals surface area contributed by atoms with Gasteiger partial charge in [0.1, 0.15) is 11.7 Å². The first-order valence-corrected chi connectivity index (χ1v) is 7.30. The molecule has 2 aromatic carbocycles. The number of aliphatic carboxylic acids is 1. The molecule has 120 valence electrons. The van der Waals surface area contributed by atoms with Crippen molar-refractivity contribution >= 4 is 23.1 Å². The highest BCUT2D eigenvalue weighted by Gasteiger charge is 2.21. The van der Waals surface area contributed by atoms with E-state index in [9.17, 15) is 9.90 Å². The molecule has 0 aliphatic carbocycles. The van der Waals surface area contributed by atoms with Crippen LogP contribution in [0.2, 0.25) is 5.02 Å². The van der Waals surface area contributed by atoms with Gasteiger partial charge in [0.05, 0.1) is 13.4 Å². The predicted octanol–water partition coefficient (Wildman–Crippen LogP) is 4.15. The second-order valence-corrected chi connectivity index (χ2v) is 5.26. The second kappa shape index (κ2) is 7.81. The molecule has 5 heteroatoms. The Kier molecular flexibility index (Phi) is 5.79. The molecule has 0 bridgehead atoms. The Balaban J connectivity index is 2.55. The first-order valence-electron chi connectivity index (χ1n) is 6.92. The predicted molar refractivity (Wildman–Crippen MR) is 89.4 cm³/mol. The van der Waals surface area contributed by atoms with E-state index in [0.717, 1.165) is 11.1 Å². The van der Waals surface area contributed by atoms with E-state index in [-0.39, 0.29) is 5.57 Å². The fraction of sp³-hybridized carbons (Fsp3) is 0.167. The van der Waals surface area contributed by atoms with Crippen LogP contribution in [0.1, 0.15) is 22.8 Å². The van der Waals surface area contributed by atoms with Gasteiger partial charge in [0.15, 0.2) is 0 Å². The molecule has 2 rings (SSSR count). The van der Waals surface area contributed by atoms with E-state index >= 15 is 0 Å². The summed E-state index contributed by atoms with van der Waals surface area (Å²) in [5.74, 6) is -1.06. The highest BCUT2D eigenvalue weighted by molar-refractivity contribution is 6.30. The van der Waals surface area contributed by atoms with Gasteiger partial charge in [0, 0.05) is 12.1 Å². The van der Waals surface area contributed by atoms with Crippen LogP contribution in [0.4, 0.5) is 0 Å². The molecule has 0 amide bonds. The fourth-order valence-electron chi connectivity index (χ4n) is 2.40. The fourth-order valence-corrected chi connectivity index (χ4v) is 2.52. The number of carboxylic acid groups (broad SMARTS) is 1. The minimum atomic E-state index is -1.06. The quantitative estimate of drug-likeness (QED) is 0.638. The standard InChI is InChI=1S/C18H17ClO4/c1-22-11-16(18(20)21)14-5-3-4-6-15(14)17(23-2)12-7-9-13(19)10-8-12/h3-11,17H,1-2H3,(H,20,21)/b16-11+. The van der Waals surface area contributed by atoms with E-state index in [0.29, 0.717) is 10.6 Å². The molecule has 0 radical (unpaired) electrons. The van der Waals surface area contributed by atoms with Gasteiger partial charge in [0.25, 0.3) is 0 Å². The summed E-state index contributed by atoms with van der Waals surface area (Å²) in [6.45, 7) is 0. The molecule has 0 heterocycles. The molecule has 23 heavy (non-hydrogen) atoms. The number of carboxylic acids is 1. The molecule has 4 nitrogen and oxygen atoms in total. The van der Waals surface area contributed by atoms with Gasteiger partial charge in [-0.05, 0) is 28.8 Å². The Morgan fingerprint density at radius 2 is 1.78 bits per heavy atom. The molecule has 1 N–H and O–H groups in total. The zero-order valence-corrected chi connectivity index (χ0v) is 13.6. The molecule has 0 fully saturated rings. The largest absolute Gasteiger partial charge is 0.503 e. The monoisotopic (exact) mass is 332 g/mol. The molecular weight excluding hydrogens is 316 g/mol.